The van der Waals surface area contributed by atoms with Gasteiger partial charge in [-0.05, 0) is 36.7 Å². The zero-order valence-corrected chi connectivity index (χ0v) is 14.9. The molecule has 1 aliphatic carbocycles. The average Bonchev–Trinajstić information content (AvgIpc) is 2.94. The Labute approximate surface area is 141 Å². The molecule has 2 fully saturated rings. The minimum atomic E-state index is -2.88. The van der Waals surface area contributed by atoms with Crippen molar-refractivity contribution in [1.82, 2.24) is 25.0 Å². The third-order valence-electron chi connectivity index (χ3n) is 5.46. The van der Waals surface area contributed by atoms with Crippen LogP contribution in [0.25, 0.3) is 11.5 Å². The van der Waals surface area contributed by atoms with Gasteiger partial charge < -0.3 is 0 Å². The van der Waals surface area contributed by atoms with Crippen LogP contribution < -0.4 is 0 Å². The molecule has 4 rings (SSSR count). The largest absolute Gasteiger partial charge is 0.275 e. The van der Waals surface area contributed by atoms with E-state index in [-0.39, 0.29) is 17.5 Å². The van der Waals surface area contributed by atoms with Crippen molar-refractivity contribution in [3.05, 3.63) is 18.1 Å². The van der Waals surface area contributed by atoms with Crippen molar-refractivity contribution in [2.24, 2.45) is 11.3 Å². The lowest BCUT2D eigenvalue weighted by Crippen LogP contribution is -2.27. The van der Waals surface area contributed by atoms with Crippen LogP contribution in [0, 0.1) is 11.3 Å². The second kappa shape index (κ2) is 5.40. The van der Waals surface area contributed by atoms with Gasteiger partial charge in [-0.15, -0.1) is 5.10 Å². The lowest BCUT2D eigenvalue weighted by molar-refractivity contribution is 0.393. The molecule has 0 bridgehead atoms. The summed E-state index contributed by atoms with van der Waals surface area (Å²) in [5.41, 5.74) is 1.18. The first-order valence-corrected chi connectivity index (χ1v) is 10.3. The summed E-state index contributed by atoms with van der Waals surface area (Å²) < 4.78 is 25.4. The molecular weight excluding hydrogens is 326 g/mol. The molecule has 1 atom stereocenters. The van der Waals surface area contributed by atoms with Crippen molar-refractivity contribution in [2.45, 2.75) is 45.6 Å². The number of nitrogens with zero attached hydrogens (tertiary/aromatic N) is 4. The maximum atomic E-state index is 11.7. The predicted molar refractivity (Wildman–Crippen MR) is 90.1 cm³/mol. The molecular formula is C16H23N5O2S. The Morgan fingerprint density at radius 1 is 1.33 bits per heavy atom. The highest BCUT2D eigenvalue weighted by atomic mass is 32.2. The first-order valence-electron chi connectivity index (χ1n) is 8.50. The van der Waals surface area contributed by atoms with Crippen LogP contribution in [0.15, 0.2) is 12.3 Å². The van der Waals surface area contributed by atoms with Crippen LogP contribution in [-0.2, 0) is 16.3 Å². The van der Waals surface area contributed by atoms with Crippen molar-refractivity contribution < 1.29 is 8.42 Å². The molecule has 2 aromatic heterocycles. The maximum absolute atomic E-state index is 11.7. The van der Waals surface area contributed by atoms with Gasteiger partial charge in [0.15, 0.2) is 5.82 Å². The highest BCUT2D eigenvalue weighted by Gasteiger charge is 2.46. The third-order valence-corrected chi connectivity index (χ3v) is 7.18. The lowest BCUT2D eigenvalue weighted by atomic mass is 10.1. The predicted octanol–water partition coefficient (Wildman–Crippen LogP) is 2.01. The molecule has 0 amide bonds. The van der Waals surface area contributed by atoms with Gasteiger partial charge in [0.2, 0.25) is 0 Å². The second-order valence-electron chi connectivity index (χ2n) is 7.74. The summed E-state index contributed by atoms with van der Waals surface area (Å²) in [5, 5.41) is 11.6. The summed E-state index contributed by atoms with van der Waals surface area (Å²) in [6.45, 7) is 4.56. The Bertz CT molecular complexity index is 824. The van der Waals surface area contributed by atoms with E-state index in [9.17, 15) is 8.42 Å². The summed E-state index contributed by atoms with van der Waals surface area (Å²) >= 11 is 0. The molecule has 2 aliphatic rings. The Morgan fingerprint density at radius 3 is 2.62 bits per heavy atom. The normalized spacial score (nSPS) is 25.7. The molecule has 2 aromatic rings. The Hall–Kier alpha value is -1.70. The molecule has 24 heavy (non-hydrogen) atoms. The van der Waals surface area contributed by atoms with E-state index in [0.29, 0.717) is 30.0 Å². The van der Waals surface area contributed by atoms with Crippen molar-refractivity contribution in [1.29, 1.82) is 0 Å². The summed E-state index contributed by atoms with van der Waals surface area (Å²) in [6.07, 6.45) is 5.03. The van der Waals surface area contributed by atoms with Gasteiger partial charge in [-0.3, -0.25) is 5.10 Å². The van der Waals surface area contributed by atoms with Crippen molar-refractivity contribution in [3.63, 3.8) is 0 Å². The Kier molecular flexibility index (Phi) is 3.56. The Morgan fingerprint density at radius 2 is 2.04 bits per heavy atom. The molecule has 7 nitrogen and oxygen atoms in total. The number of aromatic amines is 1. The van der Waals surface area contributed by atoms with Gasteiger partial charge in [-0.1, -0.05) is 13.8 Å². The molecule has 0 aromatic carbocycles. The fraction of sp³-hybridized carbons (Fsp3) is 0.688. The number of aromatic nitrogens is 5. The molecule has 8 heteroatoms. The number of H-pyrrole nitrogens is 1. The fourth-order valence-corrected chi connectivity index (χ4v) is 5.02. The molecule has 1 unspecified atom stereocenters. The second-order valence-corrected chi connectivity index (χ2v) is 10.0. The minimum Gasteiger partial charge on any atom is -0.275 e. The standard InChI is InChI=1S/C16H23N5O2S/c1-16(2)10-11(16)9-14-18-15(13-3-6-17-19-13)20-21(14)12-4-7-24(22,23)8-5-12/h3,6,11-12H,4-5,7-10H2,1-2H3,(H,17,19). The van der Waals surface area contributed by atoms with Crippen LogP contribution in [0.3, 0.4) is 0 Å². The summed E-state index contributed by atoms with van der Waals surface area (Å²) in [6, 6.07) is 1.98. The first kappa shape index (κ1) is 15.8. The number of hydrogen-bond acceptors (Lipinski definition) is 5. The molecule has 1 saturated carbocycles. The number of nitrogens with one attached hydrogen (secondary N) is 1. The van der Waals surface area contributed by atoms with E-state index < -0.39 is 9.84 Å². The third kappa shape index (κ3) is 2.99. The first-order chi connectivity index (χ1) is 11.3. The van der Waals surface area contributed by atoms with Crippen molar-refractivity contribution in [2.75, 3.05) is 11.5 Å². The summed E-state index contributed by atoms with van der Waals surface area (Å²) in [7, 11) is -2.88. The van der Waals surface area contributed by atoms with E-state index in [0.717, 1.165) is 17.9 Å². The lowest BCUT2D eigenvalue weighted by Gasteiger charge is -2.23. The van der Waals surface area contributed by atoms with E-state index in [2.05, 4.69) is 24.0 Å². The minimum absolute atomic E-state index is 0.120. The summed E-state index contributed by atoms with van der Waals surface area (Å²) in [5.74, 6) is 2.73. The van der Waals surface area contributed by atoms with E-state index >= 15 is 0 Å². The number of sulfone groups is 1. The number of hydrogen-bond donors (Lipinski definition) is 1. The maximum Gasteiger partial charge on any atom is 0.199 e. The highest BCUT2D eigenvalue weighted by molar-refractivity contribution is 7.91. The zero-order valence-electron chi connectivity index (χ0n) is 14.1. The van der Waals surface area contributed by atoms with Crippen molar-refractivity contribution >= 4 is 9.84 Å². The average molecular weight is 349 g/mol. The molecule has 1 aliphatic heterocycles. The smallest absolute Gasteiger partial charge is 0.199 e. The van der Waals surface area contributed by atoms with Gasteiger partial charge in [-0.2, -0.15) is 5.10 Å². The molecule has 130 valence electrons. The molecule has 0 spiro atoms. The molecule has 1 saturated heterocycles. The summed E-state index contributed by atoms with van der Waals surface area (Å²) in [4.78, 5) is 4.74. The van der Waals surface area contributed by atoms with Gasteiger partial charge in [0.1, 0.15) is 21.4 Å². The van der Waals surface area contributed by atoms with Crippen LogP contribution in [0.4, 0.5) is 0 Å². The highest BCUT2D eigenvalue weighted by Crippen LogP contribution is 2.53. The monoisotopic (exact) mass is 349 g/mol. The van der Waals surface area contributed by atoms with E-state index in [4.69, 9.17) is 10.1 Å². The fourth-order valence-electron chi connectivity index (χ4n) is 3.55. The van der Waals surface area contributed by atoms with Gasteiger partial charge >= 0.3 is 0 Å². The van der Waals surface area contributed by atoms with Gasteiger partial charge in [0.25, 0.3) is 0 Å². The quantitative estimate of drug-likeness (QED) is 0.911. The van der Waals surface area contributed by atoms with E-state index in [1.54, 1.807) is 6.20 Å². The van der Waals surface area contributed by atoms with E-state index in [1.165, 1.54) is 6.42 Å². The molecule has 0 radical (unpaired) electrons. The topological polar surface area (TPSA) is 93.5 Å². The van der Waals surface area contributed by atoms with E-state index in [1.807, 2.05) is 10.7 Å². The van der Waals surface area contributed by atoms with Gasteiger partial charge in [0, 0.05) is 12.6 Å². The zero-order chi connectivity index (χ0) is 16.9. The van der Waals surface area contributed by atoms with Crippen LogP contribution >= 0.6 is 0 Å². The van der Waals surface area contributed by atoms with Crippen molar-refractivity contribution in [3.8, 4) is 11.5 Å². The number of rotatable bonds is 4. The van der Waals surface area contributed by atoms with Gasteiger partial charge in [-0.25, -0.2) is 18.1 Å². The van der Waals surface area contributed by atoms with Gasteiger partial charge in [0.05, 0.1) is 17.5 Å². The molecule has 1 N–H and O–H groups in total. The molecule has 3 heterocycles. The van der Waals surface area contributed by atoms with Crippen LogP contribution in [0.5, 0.6) is 0 Å². The Balaban J connectivity index is 1.63. The SMILES string of the molecule is CC1(C)CC1Cc1nc(-c2ccn[nH]2)nn1C1CCS(=O)(=O)CC1. The van der Waals surface area contributed by atoms with Crippen LogP contribution in [0.1, 0.15) is 45.0 Å². The van der Waals surface area contributed by atoms with Crippen LogP contribution in [-0.4, -0.2) is 44.9 Å². The van der Waals surface area contributed by atoms with Crippen LogP contribution in [0.2, 0.25) is 0 Å².